The molecule has 3 aromatic rings. The summed E-state index contributed by atoms with van der Waals surface area (Å²) in [6, 6.07) is 0. The summed E-state index contributed by atoms with van der Waals surface area (Å²) in [7, 11) is 0. The van der Waals surface area contributed by atoms with E-state index in [1.165, 1.54) is 33.6 Å². The maximum Gasteiger partial charge on any atom is 0.0991 e. The van der Waals surface area contributed by atoms with Gasteiger partial charge < -0.3 is 9.13 Å². The van der Waals surface area contributed by atoms with Crippen molar-refractivity contribution in [2.24, 2.45) is 0 Å². The summed E-state index contributed by atoms with van der Waals surface area (Å²) in [5.41, 5.74) is 7.54. The Morgan fingerprint density at radius 3 is 1.25 bits per heavy atom. The first-order valence-corrected chi connectivity index (χ1v) is 6.68. The van der Waals surface area contributed by atoms with Crippen molar-refractivity contribution in [1.29, 1.82) is 0 Å². The second kappa shape index (κ2) is 4.63. The maximum absolute atomic E-state index is 4.16. The highest BCUT2D eigenvalue weighted by atomic mass is 15.0. The predicted octanol–water partition coefficient (Wildman–Crippen LogP) is 3.29. The standard InChI is InChI=1S/C16H18N4/c1-11-12(2)16(20-8-6-18-10-20)14(4)13(3)15(11)19-7-5-17-9-19/h5-10H,1-4H3. The summed E-state index contributed by atoms with van der Waals surface area (Å²) in [6.07, 6.45) is 11.3. The fourth-order valence-corrected chi connectivity index (χ4v) is 2.83. The van der Waals surface area contributed by atoms with Crippen molar-refractivity contribution in [3.63, 3.8) is 0 Å². The Labute approximate surface area is 118 Å². The Kier molecular flexibility index (Phi) is 2.93. The van der Waals surface area contributed by atoms with Gasteiger partial charge in [-0.05, 0) is 49.9 Å². The van der Waals surface area contributed by atoms with Crippen LogP contribution in [0.4, 0.5) is 0 Å². The molecule has 0 aliphatic carbocycles. The molecule has 102 valence electrons. The number of benzene rings is 1. The molecule has 2 heterocycles. The fourth-order valence-electron chi connectivity index (χ4n) is 2.83. The van der Waals surface area contributed by atoms with Crippen LogP contribution < -0.4 is 0 Å². The van der Waals surface area contributed by atoms with E-state index in [0.29, 0.717) is 0 Å². The van der Waals surface area contributed by atoms with E-state index in [2.05, 4.69) is 46.8 Å². The molecule has 0 atom stereocenters. The number of rotatable bonds is 2. The number of imidazole rings is 2. The van der Waals surface area contributed by atoms with Crippen LogP contribution in [0, 0.1) is 27.7 Å². The zero-order valence-corrected chi connectivity index (χ0v) is 12.3. The van der Waals surface area contributed by atoms with Gasteiger partial charge in [0.2, 0.25) is 0 Å². The zero-order chi connectivity index (χ0) is 14.3. The first-order chi connectivity index (χ1) is 9.61. The summed E-state index contributed by atoms with van der Waals surface area (Å²) in [4.78, 5) is 8.32. The number of aromatic nitrogens is 4. The van der Waals surface area contributed by atoms with Crippen molar-refractivity contribution in [1.82, 2.24) is 19.1 Å². The molecular formula is C16H18N4. The van der Waals surface area contributed by atoms with E-state index in [0.717, 1.165) is 0 Å². The molecule has 3 rings (SSSR count). The molecular weight excluding hydrogens is 248 g/mol. The molecule has 4 nitrogen and oxygen atoms in total. The van der Waals surface area contributed by atoms with Crippen LogP contribution in [-0.4, -0.2) is 19.1 Å². The minimum Gasteiger partial charge on any atom is -0.306 e. The van der Waals surface area contributed by atoms with Gasteiger partial charge in [0.25, 0.3) is 0 Å². The van der Waals surface area contributed by atoms with Gasteiger partial charge in [-0.15, -0.1) is 0 Å². The molecule has 0 N–H and O–H groups in total. The largest absolute Gasteiger partial charge is 0.306 e. The van der Waals surface area contributed by atoms with Crippen LogP contribution >= 0.6 is 0 Å². The second-order valence-corrected chi connectivity index (χ2v) is 5.14. The van der Waals surface area contributed by atoms with Gasteiger partial charge in [-0.1, -0.05) is 0 Å². The van der Waals surface area contributed by atoms with Crippen molar-refractivity contribution in [3.8, 4) is 11.4 Å². The van der Waals surface area contributed by atoms with Crippen LogP contribution in [0.15, 0.2) is 37.4 Å². The first kappa shape index (κ1) is 12.7. The van der Waals surface area contributed by atoms with Gasteiger partial charge in [-0.3, -0.25) is 0 Å². The highest BCUT2D eigenvalue weighted by Crippen LogP contribution is 2.31. The normalized spacial score (nSPS) is 11.0. The smallest absolute Gasteiger partial charge is 0.0991 e. The molecule has 0 amide bonds. The summed E-state index contributed by atoms with van der Waals surface area (Å²) in [6.45, 7) is 8.66. The monoisotopic (exact) mass is 266 g/mol. The SMILES string of the molecule is Cc1c(C)c(-n2ccnc2)c(C)c(C)c1-n1ccnc1. The Balaban J connectivity index is 2.33. The van der Waals surface area contributed by atoms with Crippen LogP contribution in [0.25, 0.3) is 11.4 Å². The predicted molar refractivity (Wildman–Crippen MR) is 79.6 cm³/mol. The van der Waals surface area contributed by atoms with Gasteiger partial charge in [-0.25, -0.2) is 9.97 Å². The van der Waals surface area contributed by atoms with Crippen molar-refractivity contribution in [2.75, 3.05) is 0 Å². The number of hydrogen-bond acceptors (Lipinski definition) is 2. The Morgan fingerprint density at radius 1 is 0.650 bits per heavy atom. The van der Waals surface area contributed by atoms with Gasteiger partial charge in [0.05, 0.1) is 24.0 Å². The van der Waals surface area contributed by atoms with Crippen LogP contribution in [0.2, 0.25) is 0 Å². The Hall–Kier alpha value is -2.36. The Morgan fingerprint density at radius 2 is 1.00 bits per heavy atom. The lowest BCUT2D eigenvalue weighted by Crippen LogP contribution is -2.08. The second-order valence-electron chi connectivity index (χ2n) is 5.14. The third kappa shape index (κ3) is 1.76. The molecule has 0 saturated heterocycles. The molecule has 0 unspecified atom stereocenters. The summed E-state index contributed by atoms with van der Waals surface area (Å²) in [5.74, 6) is 0. The fraction of sp³-hybridized carbons (Fsp3) is 0.250. The van der Waals surface area contributed by atoms with Crippen LogP contribution in [-0.2, 0) is 0 Å². The summed E-state index contributed by atoms with van der Waals surface area (Å²) in [5, 5.41) is 0. The molecule has 4 heteroatoms. The minimum absolute atomic E-state index is 1.22. The van der Waals surface area contributed by atoms with Crippen molar-refractivity contribution in [3.05, 3.63) is 59.7 Å². The highest BCUT2D eigenvalue weighted by Gasteiger charge is 2.16. The summed E-state index contributed by atoms with van der Waals surface area (Å²) >= 11 is 0. The number of nitrogens with zero attached hydrogens (tertiary/aromatic N) is 4. The van der Waals surface area contributed by atoms with E-state index >= 15 is 0 Å². The van der Waals surface area contributed by atoms with E-state index in [1.54, 1.807) is 0 Å². The van der Waals surface area contributed by atoms with E-state index in [9.17, 15) is 0 Å². The van der Waals surface area contributed by atoms with Gasteiger partial charge in [-0.2, -0.15) is 0 Å². The van der Waals surface area contributed by atoms with E-state index < -0.39 is 0 Å². The topological polar surface area (TPSA) is 35.6 Å². The third-order valence-corrected chi connectivity index (χ3v) is 4.07. The van der Waals surface area contributed by atoms with Crippen molar-refractivity contribution in [2.45, 2.75) is 27.7 Å². The molecule has 1 aromatic carbocycles. The van der Waals surface area contributed by atoms with Crippen LogP contribution in [0.5, 0.6) is 0 Å². The zero-order valence-electron chi connectivity index (χ0n) is 12.3. The lowest BCUT2D eigenvalue weighted by molar-refractivity contribution is 0.966. The molecule has 0 saturated carbocycles. The highest BCUT2D eigenvalue weighted by molar-refractivity contribution is 5.63. The molecule has 0 aliphatic rings. The van der Waals surface area contributed by atoms with Gasteiger partial charge in [0.1, 0.15) is 0 Å². The van der Waals surface area contributed by atoms with Crippen LogP contribution in [0.3, 0.4) is 0 Å². The van der Waals surface area contributed by atoms with E-state index in [4.69, 9.17) is 0 Å². The average molecular weight is 266 g/mol. The molecule has 2 aromatic heterocycles. The molecule has 20 heavy (non-hydrogen) atoms. The minimum atomic E-state index is 1.22. The van der Waals surface area contributed by atoms with E-state index in [-0.39, 0.29) is 0 Å². The Bertz CT molecular complexity index is 643. The van der Waals surface area contributed by atoms with Crippen molar-refractivity contribution < 1.29 is 0 Å². The van der Waals surface area contributed by atoms with Gasteiger partial charge in [0, 0.05) is 24.8 Å². The van der Waals surface area contributed by atoms with E-state index in [1.807, 2.05) is 37.4 Å². The molecule has 0 spiro atoms. The lowest BCUT2D eigenvalue weighted by atomic mass is 9.95. The van der Waals surface area contributed by atoms with Crippen molar-refractivity contribution >= 4 is 0 Å². The maximum atomic E-state index is 4.16. The molecule has 0 bridgehead atoms. The lowest BCUT2D eigenvalue weighted by Gasteiger charge is -2.21. The first-order valence-electron chi connectivity index (χ1n) is 6.68. The van der Waals surface area contributed by atoms with Gasteiger partial charge in [0.15, 0.2) is 0 Å². The quantitative estimate of drug-likeness (QED) is 0.713. The third-order valence-electron chi connectivity index (χ3n) is 4.07. The molecule has 0 aliphatic heterocycles. The van der Waals surface area contributed by atoms with Crippen LogP contribution in [0.1, 0.15) is 22.3 Å². The molecule has 0 fully saturated rings. The summed E-state index contributed by atoms with van der Waals surface area (Å²) < 4.78 is 4.17. The number of hydrogen-bond donors (Lipinski definition) is 0. The van der Waals surface area contributed by atoms with Gasteiger partial charge >= 0.3 is 0 Å². The average Bonchev–Trinajstić information content (AvgIpc) is 3.10. The molecule has 0 radical (unpaired) electrons.